The average molecular weight is 453 g/mol. The lowest BCUT2D eigenvalue weighted by Crippen LogP contribution is -2.44. The minimum atomic E-state index is 0. The van der Waals surface area contributed by atoms with Crippen LogP contribution in [0.15, 0.2) is 4.99 Å². The van der Waals surface area contributed by atoms with Gasteiger partial charge in [-0.25, -0.2) is 0 Å². The lowest BCUT2D eigenvalue weighted by atomic mass is 9.87. The highest BCUT2D eigenvalue weighted by Gasteiger charge is 2.18. The molecule has 1 aliphatic heterocycles. The maximum atomic E-state index is 5.69. The van der Waals surface area contributed by atoms with E-state index in [9.17, 15) is 0 Å². The van der Waals surface area contributed by atoms with Gasteiger partial charge in [-0.3, -0.25) is 4.99 Å². The van der Waals surface area contributed by atoms with Crippen LogP contribution in [-0.2, 0) is 9.47 Å². The van der Waals surface area contributed by atoms with Crippen LogP contribution < -0.4 is 10.6 Å². The second kappa shape index (κ2) is 13.2. The van der Waals surface area contributed by atoms with Gasteiger partial charge in [-0.15, -0.1) is 24.0 Å². The number of ether oxygens (including phenoxy) is 2. The van der Waals surface area contributed by atoms with Crippen LogP contribution in [0.1, 0.15) is 58.8 Å². The number of nitrogens with one attached hydrogen (secondary N) is 2. The maximum absolute atomic E-state index is 5.69. The fourth-order valence-electron chi connectivity index (χ4n) is 3.27. The third kappa shape index (κ3) is 8.85. The van der Waals surface area contributed by atoms with E-state index in [4.69, 9.17) is 9.47 Å². The van der Waals surface area contributed by atoms with Crippen molar-refractivity contribution in [3.05, 3.63) is 0 Å². The van der Waals surface area contributed by atoms with Crippen LogP contribution in [0.4, 0.5) is 0 Å². The molecular weight excluding hydrogens is 417 g/mol. The molecule has 1 heterocycles. The molecular formula is C18H36IN3O2. The van der Waals surface area contributed by atoms with E-state index in [1.54, 1.807) is 0 Å². The summed E-state index contributed by atoms with van der Waals surface area (Å²) < 4.78 is 11.2. The summed E-state index contributed by atoms with van der Waals surface area (Å²) in [6, 6.07) is 0.583. The number of guanidine groups is 1. The number of rotatable bonds is 8. The lowest BCUT2D eigenvalue weighted by molar-refractivity contribution is 0.0171. The van der Waals surface area contributed by atoms with Gasteiger partial charge in [0.1, 0.15) is 0 Å². The van der Waals surface area contributed by atoms with Crippen molar-refractivity contribution in [2.45, 2.75) is 70.9 Å². The molecule has 1 saturated heterocycles. The Kier molecular flexibility index (Phi) is 12.0. The van der Waals surface area contributed by atoms with Gasteiger partial charge in [0.15, 0.2) is 5.96 Å². The SMILES string of the molecule is CCNC(=NCCCOCC1CCCO1)NC1CCC(C)CC1.I. The van der Waals surface area contributed by atoms with Gasteiger partial charge in [-0.05, 0) is 57.8 Å². The number of hydrogen-bond acceptors (Lipinski definition) is 3. The highest BCUT2D eigenvalue weighted by molar-refractivity contribution is 14.0. The van der Waals surface area contributed by atoms with Gasteiger partial charge in [0, 0.05) is 32.3 Å². The third-order valence-corrected chi connectivity index (χ3v) is 4.75. The Morgan fingerprint density at radius 3 is 2.67 bits per heavy atom. The molecule has 0 radical (unpaired) electrons. The molecule has 0 aromatic heterocycles. The predicted octanol–water partition coefficient (Wildman–Crippen LogP) is 3.32. The molecule has 0 spiro atoms. The van der Waals surface area contributed by atoms with Crippen LogP contribution in [0.5, 0.6) is 0 Å². The van der Waals surface area contributed by atoms with Gasteiger partial charge in [0.2, 0.25) is 0 Å². The highest BCUT2D eigenvalue weighted by Crippen LogP contribution is 2.23. The summed E-state index contributed by atoms with van der Waals surface area (Å²) in [5, 5.41) is 6.95. The van der Waals surface area contributed by atoms with Crippen molar-refractivity contribution < 1.29 is 9.47 Å². The smallest absolute Gasteiger partial charge is 0.191 e. The van der Waals surface area contributed by atoms with Gasteiger partial charge >= 0.3 is 0 Å². The zero-order valence-electron chi connectivity index (χ0n) is 15.4. The zero-order valence-corrected chi connectivity index (χ0v) is 17.7. The van der Waals surface area contributed by atoms with Gasteiger partial charge in [-0.2, -0.15) is 0 Å². The molecule has 1 unspecified atom stereocenters. The number of aliphatic imine (C=N–C) groups is 1. The largest absolute Gasteiger partial charge is 0.379 e. The van der Waals surface area contributed by atoms with Crippen LogP contribution in [0.25, 0.3) is 0 Å². The fourth-order valence-corrected chi connectivity index (χ4v) is 3.27. The topological polar surface area (TPSA) is 54.9 Å². The molecule has 142 valence electrons. The van der Waals surface area contributed by atoms with Crippen molar-refractivity contribution in [3.8, 4) is 0 Å². The maximum Gasteiger partial charge on any atom is 0.191 e. The summed E-state index contributed by atoms with van der Waals surface area (Å²) in [6.07, 6.45) is 8.79. The minimum Gasteiger partial charge on any atom is -0.379 e. The number of hydrogen-bond donors (Lipinski definition) is 2. The Balaban J connectivity index is 0.00000288. The summed E-state index contributed by atoms with van der Waals surface area (Å²) in [7, 11) is 0. The normalized spacial score (nSPS) is 27.6. The molecule has 2 rings (SSSR count). The molecule has 0 aromatic rings. The second-order valence-electron chi connectivity index (χ2n) is 6.93. The Labute approximate surface area is 164 Å². The van der Waals surface area contributed by atoms with Crippen molar-refractivity contribution in [2.24, 2.45) is 10.9 Å². The monoisotopic (exact) mass is 453 g/mol. The molecule has 24 heavy (non-hydrogen) atoms. The fraction of sp³-hybridized carbons (Fsp3) is 0.944. The molecule has 0 aromatic carbocycles. The molecule has 1 aliphatic carbocycles. The molecule has 1 saturated carbocycles. The highest BCUT2D eigenvalue weighted by atomic mass is 127. The zero-order chi connectivity index (χ0) is 16.3. The van der Waals surface area contributed by atoms with E-state index in [1.807, 2.05) is 0 Å². The minimum absolute atomic E-state index is 0. The van der Waals surface area contributed by atoms with Crippen LogP contribution in [0.3, 0.4) is 0 Å². The Morgan fingerprint density at radius 1 is 1.21 bits per heavy atom. The van der Waals surface area contributed by atoms with Gasteiger partial charge in [0.25, 0.3) is 0 Å². The molecule has 6 heteroatoms. The first kappa shape index (κ1) is 22.0. The average Bonchev–Trinajstić information content (AvgIpc) is 3.06. The van der Waals surface area contributed by atoms with E-state index in [0.717, 1.165) is 57.6 Å². The van der Waals surface area contributed by atoms with E-state index in [2.05, 4.69) is 29.5 Å². The summed E-state index contributed by atoms with van der Waals surface area (Å²) in [5.74, 6) is 1.85. The predicted molar refractivity (Wildman–Crippen MR) is 110 cm³/mol. The Hall–Kier alpha value is -0.0800. The van der Waals surface area contributed by atoms with Crippen LogP contribution in [0, 0.1) is 5.92 Å². The molecule has 5 nitrogen and oxygen atoms in total. The van der Waals surface area contributed by atoms with Crippen molar-refractivity contribution >= 4 is 29.9 Å². The van der Waals surface area contributed by atoms with E-state index in [-0.39, 0.29) is 24.0 Å². The van der Waals surface area contributed by atoms with Crippen molar-refractivity contribution in [2.75, 3.05) is 32.9 Å². The van der Waals surface area contributed by atoms with Gasteiger partial charge < -0.3 is 20.1 Å². The van der Waals surface area contributed by atoms with E-state index in [1.165, 1.54) is 32.1 Å². The van der Waals surface area contributed by atoms with E-state index < -0.39 is 0 Å². The molecule has 1 atom stereocenters. The Morgan fingerprint density at radius 2 is 2.00 bits per heavy atom. The lowest BCUT2D eigenvalue weighted by Gasteiger charge is -2.28. The first-order chi connectivity index (χ1) is 11.3. The summed E-state index contributed by atoms with van der Waals surface area (Å²) in [4.78, 5) is 4.68. The standard InChI is InChI=1S/C18H35N3O2.HI/c1-3-19-18(21-16-9-7-15(2)8-10-16)20-11-5-12-22-14-17-6-4-13-23-17;/h15-17H,3-14H2,1-2H3,(H2,19,20,21);1H. The van der Waals surface area contributed by atoms with Crippen LogP contribution in [0.2, 0.25) is 0 Å². The number of halogens is 1. The molecule has 0 amide bonds. The van der Waals surface area contributed by atoms with E-state index >= 15 is 0 Å². The van der Waals surface area contributed by atoms with Crippen LogP contribution >= 0.6 is 24.0 Å². The Bertz CT molecular complexity index is 341. The quantitative estimate of drug-likeness (QED) is 0.256. The summed E-state index contributed by atoms with van der Waals surface area (Å²) >= 11 is 0. The van der Waals surface area contributed by atoms with Crippen molar-refractivity contribution in [3.63, 3.8) is 0 Å². The summed E-state index contributed by atoms with van der Waals surface area (Å²) in [5.41, 5.74) is 0. The first-order valence-electron chi connectivity index (χ1n) is 9.52. The molecule has 0 bridgehead atoms. The van der Waals surface area contributed by atoms with E-state index in [0.29, 0.717) is 12.1 Å². The first-order valence-corrected chi connectivity index (χ1v) is 9.52. The van der Waals surface area contributed by atoms with Gasteiger partial charge in [0.05, 0.1) is 12.7 Å². The summed E-state index contributed by atoms with van der Waals surface area (Å²) in [6.45, 7) is 8.59. The van der Waals surface area contributed by atoms with Crippen LogP contribution in [-0.4, -0.2) is 51.0 Å². The van der Waals surface area contributed by atoms with Crippen molar-refractivity contribution in [1.82, 2.24) is 10.6 Å². The molecule has 2 N–H and O–H groups in total. The third-order valence-electron chi connectivity index (χ3n) is 4.75. The number of nitrogens with zero attached hydrogens (tertiary/aromatic N) is 1. The second-order valence-corrected chi connectivity index (χ2v) is 6.93. The molecule has 2 fully saturated rings. The molecule has 2 aliphatic rings. The van der Waals surface area contributed by atoms with Gasteiger partial charge in [-0.1, -0.05) is 6.92 Å². The van der Waals surface area contributed by atoms with Crippen molar-refractivity contribution in [1.29, 1.82) is 0 Å².